The topological polar surface area (TPSA) is 101 Å². The molecule has 10 heteroatoms. The number of thioether (sulfide) groups is 1. The van der Waals surface area contributed by atoms with E-state index in [9.17, 15) is 23.3 Å². The van der Waals surface area contributed by atoms with E-state index in [4.69, 9.17) is 0 Å². The number of non-ortho nitro benzene ring substituents is 1. The molecular weight excluding hydrogens is 354 g/mol. The minimum atomic E-state index is -3.70. The smallest absolute Gasteiger partial charge is 0.269 e. The molecule has 0 N–H and O–H groups in total. The summed E-state index contributed by atoms with van der Waals surface area (Å²) in [5.74, 6) is 0.789. The number of sulfonamides is 1. The lowest BCUT2D eigenvalue weighted by Crippen LogP contribution is -2.50. The molecule has 8 nitrogen and oxygen atoms in total. The van der Waals surface area contributed by atoms with Crippen LogP contribution in [0.5, 0.6) is 0 Å². The largest absolute Gasteiger partial charge is 0.340 e. The summed E-state index contributed by atoms with van der Waals surface area (Å²) in [4.78, 5) is 23.7. The molecule has 2 rings (SSSR count). The zero-order valence-corrected chi connectivity index (χ0v) is 14.9. The highest BCUT2D eigenvalue weighted by Gasteiger charge is 2.30. The molecule has 0 spiro atoms. The van der Waals surface area contributed by atoms with Crippen LogP contribution in [0, 0.1) is 10.1 Å². The first kappa shape index (κ1) is 18.7. The van der Waals surface area contributed by atoms with Crippen molar-refractivity contribution < 1.29 is 18.1 Å². The third-order valence-corrected chi connectivity index (χ3v) is 6.32. The van der Waals surface area contributed by atoms with Crippen LogP contribution in [0.1, 0.15) is 6.42 Å². The lowest BCUT2D eigenvalue weighted by atomic mass is 10.3. The molecule has 24 heavy (non-hydrogen) atoms. The Kier molecular flexibility index (Phi) is 6.19. The summed E-state index contributed by atoms with van der Waals surface area (Å²) >= 11 is 1.60. The minimum Gasteiger partial charge on any atom is -0.340 e. The third-order valence-electron chi connectivity index (χ3n) is 3.80. The summed E-state index contributed by atoms with van der Waals surface area (Å²) in [6.45, 7) is 1.17. The quantitative estimate of drug-likeness (QED) is 0.548. The van der Waals surface area contributed by atoms with E-state index in [1.54, 1.807) is 16.7 Å². The number of nitrogens with zero attached hydrogens (tertiary/aromatic N) is 3. The van der Waals surface area contributed by atoms with E-state index in [0.29, 0.717) is 19.5 Å². The van der Waals surface area contributed by atoms with Crippen molar-refractivity contribution in [2.75, 3.05) is 38.2 Å². The minimum absolute atomic E-state index is 0.0234. The summed E-state index contributed by atoms with van der Waals surface area (Å²) in [5, 5.41) is 10.6. The van der Waals surface area contributed by atoms with Crippen molar-refractivity contribution in [2.24, 2.45) is 0 Å². The van der Waals surface area contributed by atoms with E-state index in [2.05, 4.69) is 0 Å². The van der Waals surface area contributed by atoms with Gasteiger partial charge in [0.15, 0.2) is 0 Å². The fraction of sp³-hybridized carbons (Fsp3) is 0.500. The van der Waals surface area contributed by atoms with Crippen molar-refractivity contribution in [3.8, 4) is 0 Å². The number of piperazine rings is 1. The zero-order chi connectivity index (χ0) is 17.7. The highest BCUT2D eigenvalue weighted by Crippen LogP contribution is 2.21. The molecule has 1 saturated heterocycles. The van der Waals surface area contributed by atoms with Crippen LogP contribution in [0.2, 0.25) is 0 Å². The lowest BCUT2D eigenvalue weighted by molar-refractivity contribution is -0.384. The Morgan fingerprint density at radius 3 is 2.29 bits per heavy atom. The second-order valence-electron chi connectivity index (χ2n) is 5.28. The van der Waals surface area contributed by atoms with Gasteiger partial charge in [0, 0.05) is 50.5 Å². The van der Waals surface area contributed by atoms with E-state index >= 15 is 0 Å². The molecule has 1 fully saturated rings. The standard InChI is InChI=1S/C14H19N3O5S2/c1-23-11-6-14(18)15-7-9-16(10-8-15)24(21,22)13-4-2-12(3-5-13)17(19)20/h2-5H,6-11H2,1H3. The van der Waals surface area contributed by atoms with Crippen LogP contribution >= 0.6 is 11.8 Å². The molecule has 0 atom stereocenters. The molecule has 0 aliphatic carbocycles. The van der Waals surface area contributed by atoms with Gasteiger partial charge in [-0.1, -0.05) is 0 Å². The molecular formula is C14H19N3O5S2. The molecule has 0 aromatic heterocycles. The Labute approximate surface area is 145 Å². The molecule has 0 radical (unpaired) electrons. The van der Waals surface area contributed by atoms with Crippen LogP contribution < -0.4 is 0 Å². The average molecular weight is 373 g/mol. The van der Waals surface area contributed by atoms with Gasteiger partial charge in [-0.05, 0) is 18.4 Å². The Bertz CT molecular complexity index is 698. The fourth-order valence-corrected chi connectivity index (χ4v) is 4.22. The van der Waals surface area contributed by atoms with Crippen molar-refractivity contribution in [1.29, 1.82) is 0 Å². The van der Waals surface area contributed by atoms with Crippen LogP contribution in [-0.2, 0) is 14.8 Å². The molecule has 1 amide bonds. The van der Waals surface area contributed by atoms with Gasteiger partial charge >= 0.3 is 0 Å². The molecule has 1 aliphatic rings. The number of benzene rings is 1. The van der Waals surface area contributed by atoms with Gasteiger partial charge in [0.1, 0.15) is 0 Å². The first-order chi connectivity index (χ1) is 11.4. The number of nitro benzene ring substituents is 1. The number of hydrogen-bond acceptors (Lipinski definition) is 6. The maximum absolute atomic E-state index is 12.6. The second kappa shape index (κ2) is 7.95. The van der Waals surface area contributed by atoms with Gasteiger partial charge < -0.3 is 4.90 Å². The molecule has 1 aliphatic heterocycles. The second-order valence-corrected chi connectivity index (χ2v) is 8.20. The number of carbonyl (C=O) groups is 1. The van der Waals surface area contributed by atoms with Gasteiger partial charge in [-0.3, -0.25) is 14.9 Å². The van der Waals surface area contributed by atoms with E-state index in [0.717, 1.165) is 5.75 Å². The summed E-state index contributed by atoms with van der Waals surface area (Å²) in [7, 11) is -3.70. The summed E-state index contributed by atoms with van der Waals surface area (Å²) in [6, 6.07) is 4.83. The Morgan fingerprint density at radius 1 is 1.21 bits per heavy atom. The maximum atomic E-state index is 12.6. The highest BCUT2D eigenvalue weighted by molar-refractivity contribution is 7.98. The van der Waals surface area contributed by atoms with Crippen molar-refractivity contribution in [3.63, 3.8) is 0 Å². The molecule has 1 aromatic carbocycles. The van der Waals surface area contributed by atoms with Gasteiger partial charge in [0.2, 0.25) is 15.9 Å². The van der Waals surface area contributed by atoms with Crippen LogP contribution in [0.3, 0.4) is 0 Å². The van der Waals surface area contributed by atoms with E-state index in [-0.39, 0.29) is 29.6 Å². The Balaban J connectivity index is 2.02. The van der Waals surface area contributed by atoms with E-state index in [1.807, 2.05) is 6.26 Å². The van der Waals surface area contributed by atoms with Crippen molar-refractivity contribution in [1.82, 2.24) is 9.21 Å². The number of rotatable bonds is 6. The van der Waals surface area contributed by atoms with Crippen LogP contribution in [0.15, 0.2) is 29.2 Å². The predicted octanol–water partition coefficient (Wildman–Crippen LogP) is 1.18. The van der Waals surface area contributed by atoms with Crippen LogP contribution in [0.25, 0.3) is 0 Å². The number of hydrogen-bond donors (Lipinski definition) is 0. The van der Waals surface area contributed by atoms with E-state index < -0.39 is 14.9 Å². The summed E-state index contributed by atoms with van der Waals surface area (Å²) in [5.41, 5.74) is -0.154. The molecule has 0 bridgehead atoms. The molecule has 0 saturated carbocycles. The SMILES string of the molecule is CSCCC(=O)N1CCN(S(=O)(=O)c2ccc([N+](=O)[O-])cc2)CC1. The molecule has 0 unspecified atom stereocenters. The first-order valence-electron chi connectivity index (χ1n) is 7.37. The summed E-state index contributed by atoms with van der Waals surface area (Å²) < 4.78 is 26.4. The van der Waals surface area contributed by atoms with Crippen molar-refractivity contribution in [2.45, 2.75) is 11.3 Å². The van der Waals surface area contributed by atoms with Gasteiger partial charge in [-0.25, -0.2) is 8.42 Å². The normalized spacial score (nSPS) is 16.1. The lowest BCUT2D eigenvalue weighted by Gasteiger charge is -2.34. The third kappa shape index (κ3) is 4.25. The molecule has 132 valence electrons. The Morgan fingerprint density at radius 2 is 1.79 bits per heavy atom. The fourth-order valence-electron chi connectivity index (χ4n) is 2.41. The summed E-state index contributed by atoms with van der Waals surface area (Å²) in [6.07, 6.45) is 2.39. The van der Waals surface area contributed by atoms with Gasteiger partial charge in [0.25, 0.3) is 5.69 Å². The van der Waals surface area contributed by atoms with Gasteiger partial charge in [-0.2, -0.15) is 16.1 Å². The number of carbonyl (C=O) groups excluding carboxylic acids is 1. The van der Waals surface area contributed by atoms with Crippen molar-refractivity contribution in [3.05, 3.63) is 34.4 Å². The maximum Gasteiger partial charge on any atom is 0.269 e. The molecule has 1 heterocycles. The predicted molar refractivity (Wildman–Crippen MR) is 91.4 cm³/mol. The number of nitro groups is 1. The van der Waals surface area contributed by atoms with Crippen LogP contribution in [0.4, 0.5) is 5.69 Å². The average Bonchev–Trinajstić information content (AvgIpc) is 2.59. The molecule has 1 aromatic rings. The van der Waals surface area contributed by atoms with Gasteiger partial charge in [0.05, 0.1) is 9.82 Å². The van der Waals surface area contributed by atoms with Crippen LogP contribution in [-0.4, -0.2) is 66.6 Å². The Hall–Kier alpha value is -1.65. The van der Waals surface area contributed by atoms with Gasteiger partial charge in [-0.15, -0.1) is 0 Å². The monoisotopic (exact) mass is 373 g/mol. The zero-order valence-electron chi connectivity index (χ0n) is 13.3. The number of amides is 1. The first-order valence-corrected chi connectivity index (χ1v) is 10.2. The highest BCUT2D eigenvalue weighted by atomic mass is 32.2. The van der Waals surface area contributed by atoms with Crippen molar-refractivity contribution >= 4 is 33.4 Å². The van der Waals surface area contributed by atoms with E-state index in [1.165, 1.54) is 28.6 Å².